The van der Waals surface area contributed by atoms with Crippen LogP contribution in [-0.4, -0.2) is 63.9 Å². The third-order valence-electron chi connectivity index (χ3n) is 4.24. The van der Waals surface area contributed by atoms with Crippen molar-refractivity contribution in [2.75, 3.05) is 53.0 Å². The second-order valence-electron chi connectivity index (χ2n) is 6.05. The summed E-state index contributed by atoms with van der Waals surface area (Å²) in [6, 6.07) is 8.10. The van der Waals surface area contributed by atoms with Gasteiger partial charge in [-0.05, 0) is 32.4 Å². The van der Waals surface area contributed by atoms with Crippen molar-refractivity contribution in [2.45, 2.75) is 26.3 Å². The van der Waals surface area contributed by atoms with E-state index >= 15 is 0 Å². The highest BCUT2D eigenvalue weighted by Gasteiger charge is 2.09. The Bertz CT molecular complexity index is 516. The van der Waals surface area contributed by atoms with Gasteiger partial charge in [0.15, 0.2) is 5.96 Å². The van der Waals surface area contributed by atoms with E-state index in [1.54, 1.807) is 7.05 Å². The van der Waals surface area contributed by atoms with Crippen molar-refractivity contribution in [3.8, 4) is 5.75 Å². The quantitative estimate of drug-likeness (QED) is 0.405. The van der Waals surface area contributed by atoms with Gasteiger partial charge in [0.05, 0.1) is 19.8 Å². The number of nitrogens with zero attached hydrogens (tertiary/aromatic N) is 2. The van der Waals surface area contributed by atoms with Gasteiger partial charge in [-0.25, -0.2) is 0 Å². The molecule has 0 saturated carbocycles. The maximum absolute atomic E-state index is 5.66. The molecule has 6 heteroatoms. The molecule has 1 saturated heterocycles. The molecule has 1 fully saturated rings. The Kier molecular flexibility index (Phi) is 9.15. The fourth-order valence-electron chi connectivity index (χ4n) is 2.84. The second-order valence-corrected chi connectivity index (χ2v) is 6.05. The number of ether oxygens (including phenoxy) is 2. The predicted molar refractivity (Wildman–Crippen MR) is 102 cm³/mol. The molecule has 6 nitrogen and oxygen atoms in total. The van der Waals surface area contributed by atoms with E-state index in [1.165, 1.54) is 6.42 Å². The van der Waals surface area contributed by atoms with Gasteiger partial charge in [-0.2, -0.15) is 0 Å². The Hall–Kier alpha value is -1.79. The molecule has 1 aromatic rings. The number of unbranched alkanes of at least 4 members (excludes halogenated alkanes) is 1. The molecule has 1 heterocycles. The van der Waals surface area contributed by atoms with Crippen molar-refractivity contribution in [3.05, 3.63) is 29.8 Å². The van der Waals surface area contributed by atoms with Gasteiger partial charge in [0, 0.05) is 38.8 Å². The van der Waals surface area contributed by atoms with Gasteiger partial charge in [0.25, 0.3) is 0 Å². The van der Waals surface area contributed by atoms with Crippen LogP contribution in [0.1, 0.15) is 25.3 Å². The molecule has 2 rings (SSSR count). The fraction of sp³-hybridized carbons (Fsp3) is 0.632. The highest BCUT2D eigenvalue weighted by molar-refractivity contribution is 5.79. The van der Waals surface area contributed by atoms with E-state index in [1.807, 2.05) is 25.1 Å². The number of aliphatic imine (C=N–C) groups is 1. The topological polar surface area (TPSA) is 58.1 Å². The number of morpholine rings is 1. The molecule has 0 atom stereocenters. The zero-order valence-electron chi connectivity index (χ0n) is 15.6. The van der Waals surface area contributed by atoms with E-state index in [2.05, 4.69) is 26.6 Å². The van der Waals surface area contributed by atoms with E-state index < -0.39 is 0 Å². The number of para-hydroxylation sites is 1. The second kappa shape index (κ2) is 11.7. The first-order valence-electron chi connectivity index (χ1n) is 9.28. The van der Waals surface area contributed by atoms with Gasteiger partial charge < -0.3 is 20.1 Å². The van der Waals surface area contributed by atoms with Crippen molar-refractivity contribution < 1.29 is 9.47 Å². The first-order valence-corrected chi connectivity index (χ1v) is 9.28. The first kappa shape index (κ1) is 19.5. The molecule has 0 bridgehead atoms. The van der Waals surface area contributed by atoms with E-state index in [-0.39, 0.29) is 0 Å². The molecule has 1 aromatic carbocycles. The first-order chi connectivity index (χ1) is 12.3. The molecule has 0 aromatic heterocycles. The lowest BCUT2D eigenvalue weighted by Crippen LogP contribution is -2.38. The van der Waals surface area contributed by atoms with Crippen LogP contribution >= 0.6 is 0 Å². The van der Waals surface area contributed by atoms with Crippen LogP contribution in [-0.2, 0) is 11.3 Å². The lowest BCUT2D eigenvalue weighted by atomic mass is 10.2. The Balaban J connectivity index is 1.63. The van der Waals surface area contributed by atoms with Crippen LogP contribution in [0.25, 0.3) is 0 Å². The summed E-state index contributed by atoms with van der Waals surface area (Å²) in [6.45, 7) is 9.33. The van der Waals surface area contributed by atoms with Crippen LogP contribution in [0.5, 0.6) is 5.75 Å². The summed E-state index contributed by atoms with van der Waals surface area (Å²) < 4.78 is 11.0. The molecule has 0 radical (unpaired) electrons. The van der Waals surface area contributed by atoms with Crippen molar-refractivity contribution >= 4 is 5.96 Å². The van der Waals surface area contributed by atoms with Gasteiger partial charge in [0.2, 0.25) is 0 Å². The van der Waals surface area contributed by atoms with E-state index in [0.29, 0.717) is 13.2 Å². The molecule has 1 aliphatic heterocycles. The smallest absolute Gasteiger partial charge is 0.191 e. The molecular weight excluding hydrogens is 316 g/mol. The van der Waals surface area contributed by atoms with Crippen LogP contribution in [0, 0.1) is 0 Å². The predicted octanol–water partition coefficient (Wildman–Crippen LogP) is 1.86. The minimum absolute atomic E-state index is 0.674. The van der Waals surface area contributed by atoms with Gasteiger partial charge in [-0.1, -0.05) is 18.2 Å². The molecule has 1 aliphatic rings. The van der Waals surface area contributed by atoms with Crippen LogP contribution in [0.2, 0.25) is 0 Å². The number of rotatable bonds is 9. The highest BCUT2D eigenvalue weighted by Crippen LogP contribution is 2.17. The summed E-state index contributed by atoms with van der Waals surface area (Å²) in [5, 5.41) is 6.74. The number of guanidine groups is 1. The zero-order chi connectivity index (χ0) is 17.7. The number of hydrogen-bond donors (Lipinski definition) is 2. The normalized spacial score (nSPS) is 15.8. The number of hydrogen-bond acceptors (Lipinski definition) is 4. The van der Waals surface area contributed by atoms with Crippen molar-refractivity contribution in [1.29, 1.82) is 0 Å². The molecule has 0 unspecified atom stereocenters. The van der Waals surface area contributed by atoms with Crippen LogP contribution < -0.4 is 15.4 Å². The summed E-state index contributed by atoms with van der Waals surface area (Å²) in [5.74, 6) is 1.76. The molecule has 2 N–H and O–H groups in total. The molecule has 0 spiro atoms. The largest absolute Gasteiger partial charge is 0.494 e. The van der Waals surface area contributed by atoms with Crippen molar-refractivity contribution in [2.24, 2.45) is 4.99 Å². The van der Waals surface area contributed by atoms with Crippen LogP contribution in [0.3, 0.4) is 0 Å². The number of nitrogens with one attached hydrogen (secondary N) is 2. The van der Waals surface area contributed by atoms with E-state index in [0.717, 1.165) is 63.1 Å². The maximum atomic E-state index is 5.66. The summed E-state index contributed by atoms with van der Waals surface area (Å²) in [6.07, 6.45) is 2.32. The van der Waals surface area contributed by atoms with Gasteiger partial charge >= 0.3 is 0 Å². The Morgan fingerprint density at radius 3 is 2.76 bits per heavy atom. The summed E-state index contributed by atoms with van der Waals surface area (Å²) in [7, 11) is 1.80. The van der Waals surface area contributed by atoms with Gasteiger partial charge in [0.1, 0.15) is 5.75 Å². The maximum Gasteiger partial charge on any atom is 0.191 e. The average molecular weight is 348 g/mol. The average Bonchev–Trinajstić information content (AvgIpc) is 2.66. The number of benzene rings is 1. The molecule has 25 heavy (non-hydrogen) atoms. The SMILES string of the molecule is CCOc1ccccc1CNC(=NC)NCCCCN1CCOCC1. The Morgan fingerprint density at radius 2 is 2.00 bits per heavy atom. The molecular formula is C19H32N4O2. The minimum atomic E-state index is 0.674. The van der Waals surface area contributed by atoms with Crippen LogP contribution in [0.15, 0.2) is 29.3 Å². The lowest BCUT2D eigenvalue weighted by Gasteiger charge is -2.26. The summed E-state index contributed by atoms with van der Waals surface area (Å²) in [5.41, 5.74) is 1.14. The molecule has 0 amide bonds. The van der Waals surface area contributed by atoms with Crippen molar-refractivity contribution in [3.63, 3.8) is 0 Å². The van der Waals surface area contributed by atoms with E-state index in [4.69, 9.17) is 9.47 Å². The van der Waals surface area contributed by atoms with Crippen molar-refractivity contribution in [1.82, 2.24) is 15.5 Å². The summed E-state index contributed by atoms with van der Waals surface area (Å²) >= 11 is 0. The van der Waals surface area contributed by atoms with Crippen LogP contribution in [0.4, 0.5) is 0 Å². The Labute approximate surface area is 151 Å². The molecule has 140 valence electrons. The standard InChI is InChI=1S/C19H32N4O2/c1-3-25-18-9-5-4-8-17(18)16-22-19(20-2)21-10-6-7-11-23-12-14-24-15-13-23/h4-5,8-9H,3,6-7,10-16H2,1-2H3,(H2,20,21,22). The Morgan fingerprint density at radius 1 is 1.20 bits per heavy atom. The monoisotopic (exact) mass is 348 g/mol. The third kappa shape index (κ3) is 7.32. The van der Waals surface area contributed by atoms with E-state index in [9.17, 15) is 0 Å². The third-order valence-corrected chi connectivity index (χ3v) is 4.24. The highest BCUT2D eigenvalue weighted by atomic mass is 16.5. The van der Waals surface area contributed by atoms with Gasteiger partial charge in [-0.15, -0.1) is 0 Å². The lowest BCUT2D eigenvalue weighted by molar-refractivity contribution is 0.0372. The molecule has 0 aliphatic carbocycles. The minimum Gasteiger partial charge on any atom is -0.494 e. The summed E-state index contributed by atoms with van der Waals surface area (Å²) in [4.78, 5) is 6.77. The zero-order valence-corrected chi connectivity index (χ0v) is 15.6. The van der Waals surface area contributed by atoms with Gasteiger partial charge in [-0.3, -0.25) is 9.89 Å². The fourth-order valence-corrected chi connectivity index (χ4v) is 2.84.